The fourth-order valence-corrected chi connectivity index (χ4v) is 4.09. The SMILES string of the molecule is O=C(c1ccc(C(F)(F)F)cc1)N1C2CCC1CC(Oc1ccccn1)C2. The molecule has 142 valence electrons. The number of ether oxygens (including phenoxy) is 1. The normalized spacial score (nSPS) is 24.7. The molecule has 1 aromatic carbocycles. The number of piperidine rings is 1. The van der Waals surface area contributed by atoms with Crippen LogP contribution in [0, 0.1) is 0 Å². The van der Waals surface area contributed by atoms with Gasteiger partial charge in [0.2, 0.25) is 5.88 Å². The molecule has 4 rings (SSSR count). The second-order valence-electron chi connectivity index (χ2n) is 7.05. The number of halogens is 3. The lowest BCUT2D eigenvalue weighted by Crippen LogP contribution is -2.49. The molecule has 0 aliphatic carbocycles. The minimum Gasteiger partial charge on any atom is -0.474 e. The Morgan fingerprint density at radius 2 is 1.70 bits per heavy atom. The highest BCUT2D eigenvalue weighted by Gasteiger charge is 2.44. The molecule has 2 fully saturated rings. The summed E-state index contributed by atoms with van der Waals surface area (Å²) in [5.74, 6) is 0.372. The van der Waals surface area contributed by atoms with Gasteiger partial charge in [-0.2, -0.15) is 13.2 Å². The van der Waals surface area contributed by atoms with E-state index < -0.39 is 11.7 Å². The molecule has 4 nitrogen and oxygen atoms in total. The van der Waals surface area contributed by atoms with Crippen molar-refractivity contribution in [2.45, 2.75) is 50.0 Å². The Kier molecular flexibility index (Phi) is 4.53. The highest BCUT2D eigenvalue weighted by molar-refractivity contribution is 5.95. The molecule has 2 aromatic rings. The molecule has 1 aromatic heterocycles. The van der Waals surface area contributed by atoms with E-state index in [1.807, 2.05) is 23.1 Å². The molecule has 2 saturated heterocycles. The van der Waals surface area contributed by atoms with E-state index in [0.29, 0.717) is 24.3 Å². The van der Waals surface area contributed by atoms with Crippen molar-refractivity contribution in [1.29, 1.82) is 0 Å². The molecule has 2 unspecified atom stereocenters. The van der Waals surface area contributed by atoms with Crippen LogP contribution in [0.4, 0.5) is 13.2 Å². The standard InChI is InChI=1S/C20H19F3N2O2/c21-20(22,23)14-6-4-13(5-7-14)19(26)25-15-8-9-16(25)12-17(11-15)27-18-3-1-2-10-24-18/h1-7,10,15-17H,8-9,11-12H2. The van der Waals surface area contributed by atoms with Crippen LogP contribution in [0.15, 0.2) is 48.7 Å². The van der Waals surface area contributed by atoms with Crippen LogP contribution in [0.2, 0.25) is 0 Å². The van der Waals surface area contributed by atoms with Gasteiger partial charge >= 0.3 is 6.18 Å². The van der Waals surface area contributed by atoms with Crippen LogP contribution >= 0.6 is 0 Å². The summed E-state index contributed by atoms with van der Waals surface area (Å²) < 4.78 is 44.1. The van der Waals surface area contributed by atoms with Gasteiger partial charge in [0.15, 0.2) is 0 Å². The fraction of sp³-hybridized carbons (Fsp3) is 0.400. The number of hydrogen-bond donors (Lipinski definition) is 0. The Bertz CT molecular complexity index is 794. The van der Waals surface area contributed by atoms with Gasteiger partial charge in [0.25, 0.3) is 5.91 Å². The van der Waals surface area contributed by atoms with Crippen molar-refractivity contribution in [2.75, 3.05) is 0 Å². The van der Waals surface area contributed by atoms with Crippen molar-refractivity contribution in [1.82, 2.24) is 9.88 Å². The Morgan fingerprint density at radius 3 is 2.26 bits per heavy atom. The van der Waals surface area contributed by atoms with Crippen LogP contribution in [0.3, 0.4) is 0 Å². The largest absolute Gasteiger partial charge is 0.474 e. The minimum atomic E-state index is -4.40. The highest BCUT2D eigenvalue weighted by atomic mass is 19.4. The van der Waals surface area contributed by atoms with E-state index in [4.69, 9.17) is 4.74 Å². The summed E-state index contributed by atoms with van der Waals surface area (Å²) in [5, 5.41) is 0. The van der Waals surface area contributed by atoms with Gasteiger partial charge in [-0.15, -0.1) is 0 Å². The number of carbonyl (C=O) groups is 1. The molecule has 3 heterocycles. The molecule has 2 atom stereocenters. The van der Waals surface area contributed by atoms with Crippen LogP contribution in [-0.2, 0) is 6.18 Å². The molecule has 1 amide bonds. The first-order valence-corrected chi connectivity index (χ1v) is 8.99. The van der Waals surface area contributed by atoms with E-state index in [-0.39, 0.29) is 24.1 Å². The summed E-state index contributed by atoms with van der Waals surface area (Å²) in [6, 6.07) is 10.0. The van der Waals surface area contributed by atoms with Crippen molar-refractivity contribution < 1.29 is 22.7 Å². The first-order valence-electron chi connectivity index (χ1n) is 8.99. The Labute approximate surface area is 155 Å². The molecule has 0 spiro atoms. The second-order valence-corrected chi connectivity index (χ2v) is 7.05. The number of carbonyl (C=O) groups excluding carboxylic acids is 1. The molecule has 7 heteroatoms. The highest BCUT2D eigenvalue weighted by Crippen LogP contribution is 2.38. The second kappa shape index (κ2) is 6.87. The van der Waals surface area contributed by atoms with Crippen LogP contribution in [-0.4, -0.2) is 34.0 Å². The van der Waals surface area contributed by atoms with E-state index in [0.717, 1.165) is 25.0 Å². The number of amides is 1. The third-order valence-electron chi connectivity index (χ3n) is 5.31. The van der Waals surface area contributed by atoms with Gasteiger partial charge in [-0.05, 0) is 43.2 Å². The number of hydrogen-bond acceptors (Lipinski definition) is 3. The average molecular weight is 376 g/mol. The van der Waals surface area contributed by atoms with Crippen molar-refractivity contribution in [2.24, 2.45) is 0 Å². The maximum Gasteiger partial charge on any atom is 0.416 e. The van der Waals surface area contributed by atoms with Gasteiger partial charge in [-0.25, -0.2) is 4.98 Å². The van der Waals surface area contributed by atoms with Crippen molar-refractivity contribution >= 4 is 5.91 Å². The number of alkyl halides is 3. The van der Waals surface area contributed by atoms with Crippen LogP contribution in [0.5, 0.6) is 5.88 Å². The zero-order chi connectivity index (χ0) is 19.0. The average Bonchev–Trinajstić information content (AvgIpc) is 2.92. The Morgan fingerprint density at radius 1 is 1.04 bits per heavy atom. The molecule has 2 bridgehead atoms. The molecule has 0 saturated carbocycles. The smallest absolute Gasteiger partial charge is 0.416 e. The van der Waals surface area contributed by atoms with Gasteiger partial charge < -0.3 is 9.64 Å². The molecule has 2 aliphatic rings. The number of nitrogens with zero attached hydrogens (tertiary/aromatic N) is 2. The minimum absolute atomic E-state index is 0.00550. The monoisotopic (exact) mass is 376 g/mol. The topological polar surface area (TPSA) is 42.4 Å². The molecule has 2 aliphatic heterocycles. The number of benzene rings is 1. The maximum absolute atomic E-state index is 12.9. The van der Waals surface area contributed by atoms with Gasteiger partial charge in [-0.1, -0.05) is 6.07 Å². The molecular formula is C20H19F3N2O2. The third-order valence-corrected chi connectivity index (χ3v) is 5.31. The molecule has 27 heavy (non-hydrogen) atoms. The first kappa shape index (κ1) is 17.8. The summed E-state index contributed by atoms with van der Waals surface area (Å²) >= 11 is 0. The lowest BCUT2D eigenvalue weighted by Gasteiger charge is -2.38. The first-order chi connectivity index (χ1) is 12.9. The number of aromatic nitrogens is 1. The lowest BCUT2D eigenvalue weighted by atomic mass is 9.98. The predicted molar refractivity (Wildman–Crippen MR) is 92.3 cm³/mol. The number of fused-ring (bicyclic) bond motifs is 2. The van der Waals surface area contributed by atoms with E-state index in [9.17, 15) is 18.0 Å². The third kappa shape index (κ3) is 3.63. The van der Waals surface area contributed by atoms with E-state index in [1.54, 1.807) is 6.20 Å². The summed E-state index contributed by atoms with van der Waals surface area (Å²) in [7, 11) is 0. The molecule has 0 N–H and O–H groups in total. The van der Waals surface area contributed by atoms with E-state index in [2.05, 4.69) is 4.98 Å². The van der Waals surface area contributed by atoms with E-state index in [1.165, 1.54) is 12.1 Å². The lowest BCUT2D eigenvalue weighted by molar-refractivity contribution is -0.137. The van der Waals surface area contributed by atoms with E-state index >= 15 is 0 Å². The van der Waals surface area contributed by atoms with Crippen molar-refractivity contribution in [3.05, 3.63) is 59.8 Å². The van der Waals surface area contributed by atoms with Gasteiger partial charge in [0.1, 0.15) is 6.10 Å². The summed E-state index contributed by atoms with van der Waals surface area (Å²) in [4.78, 5) is 18.9. The van der Waals surface area contributed by atoms with Crippen molar-refractivity contribution in [3.8, 4) is 5.88 Å². The summed E-state index contributed by atoms with van der Waals surface area (Å²) in [5.41, 5.74) is -0.450. The van der Waals surface area contributed by atoms with Crippen LogP contribution < -0.4 is 4.74 Å². The molecule has 0 radical (unpaired) electrons. The maximum atomic E-state index is 12.9. The zero-order valence-electron chi connectivity index (χ0n) is 14.5. The summed E-state index contributed by atoms with van der Waals surface area (Å²) in [6.45, 7) is 0. The number of rotatable bonds is 3. The van der Waals surface area contributed by atoms with Crippen molar-refractivity contribution in [3.63, 3.8) is 0 Å². The van der Waals surface area contributed by atoms with Crippen LogP contribution in [0.25, 0.3) is 0 Å². The number of pyridine rings is 1. The quantitative estimate of drug-likeness (QED) is 0.802. The van der Waals surface area contributed by atoms with Gasteiger partial charge in [-0.3, -0.25) is 4.79 Å². The Balaban J connectivity index is 1.45. The molecular weight excluding hydrogens is 357 g/mol. The van der Waals surface area contributed by atoms with Gasteiger partial charge in [0.05, 0.1) is 5.56 Å². The van der Waals surface area contributed by atoms with Crippen LogP contribution in [0.1, 0.15) is 41.6 Å². The Hall–Kier alpha value is -2.57. The zero-order valence-corrected chi connectivity index (χ0v) is 14.5. The predicted octanol–water partition coefficient (Wildman–Crippen LogP) is 4.32. The summed E-state index contributed by atoms with van der Waals surface area (Å²) in [6.07, 6.45) is 0.459. The fourth-order valence-electron chi connectivity index (χ4n) is 4.09. The van der Waals surface area contributed by atoms with Gasteiger partial charge in [0, 0.05) is 42.8 Å².